The predicted octanol–water partition coefficient (Wildman–Crippen LogP) is 8.39. The van der Waals surface area contributed by atoms with Crippen molar-refractivity contribution in [3.05, 3.63) is 130 Å². The number of H-pyrrole nitrogens is 1. The number of para-hydroxylation sites is 1. The second-order valence-corrected chi connectivity index (χ2v) is 11.9. The molecule has 0 radical (unpaired) electrons. The fraction of sp³-hybridized carbons (Fsp3) is 0.0882. The van der Waals surface area contributed by atoms with E-state index in [0.717, 1.165) is 21.4 Å². The van der Waals surface area contributed by atoms with Gasteiger partial charge in [0, 0.05) is 43.8 Å². The number of carbonyl (C=O) groups excluding carboxylic acids is 3. The van der Waals surface area contributed by atoms with Crippen LogP contribution in [0.1, 0.15) is 29.3 Å². The number of benzene rings is 4. The Hall–Kier alpha value is -4.50. The van der Waals surface area contributed by atoms with Gasteiger partial charge in [0.05, 0.1) is 16.0 Å². The Morgan fingerprint density at radius 2 is 1.66 bits per heavy atom. The Bertz CT molecular complexity index is 1860. The molecule has 0 aliphatic rings. The number of aromatic amines is 1. The summed E-state index contributed by atoms with van der Waals surface area (Å²) in [5, 5.41) is 9.86. The average molecular weight is 644 g/mol. The standard InChI is InChI=1S/C34H28Cl2N4O3S/c1-2-31(34(43)39-29-18-23(35)15-16-27(29)36)44-25-12-8-11-24(19-25)38-33(42)30(40-32(41)21-9-4-3-5-10-21)17-22-20-37-28-14-7-6-13-26(22)28/h3-20,31,37H,2H2,1H3,(H,38,42)(H,39,43)(H,40,41)/b30-17-. The maximum absolute atomic E-state index is 13.6. The van der Waals surface area contributed by atoms with Crippen molar-refractivity contribution < 1.29 is 14.4 Å². The molecule has 3 amide bonds. The highest BCUT2D eigenvalue weighted by molar-refractivity contribution is 8.00. The molecule has 1 unspecified atom stereocenters. The molecule has 0 aliphatic heterocycles. The van der Waals surface area contributed by atoms with E-state index in [9.17, 15) is 14.4 Å². The molecular formula is C34H28Cl2N4O3S. The topological polar surface area (TPSA) is 103 Å². The van der Waals surface area contributed by atoms with E-state index in [1.54, 1.807) is 72.9 Å². The van der Waals surface area contributed by atoms with Crippen molar-refractivity contribution in [1.82, 2.24) is 10.3 Å². The number of thioether (sulfide) groups is 1. The molecule has 5 rings (SSSR count). The van der Waals surface area contributed by atoms with Crippen molar-refractivity contribution >= 4 is 81.0 Å². The number of hydrogen-bond donors (Lipinski definition) is 4. The van der Waals surface area contributed by atoms with Gasteiger partial charge in [-0.1, -0.05) is 72.6 Å². The Kier molecular flexibility index (Phi) is 10.1. The minimum atomic E-state index is -0.498. The fourth-order valence-corrected chi connectivity index (χ4v) is 5.80. The van der Waals surface area contributed by atoms with Crippen LogP contribution in [-0.4, -0.2) is 28.0 Å². The fourth-order valence-electron chi connectivity index (χ4n) is 4.45. The summed E-state index contributed by atoms with van der Waals surface area (Å²) in [6.45, 7) is 1.92. The Balaban J connectivity index is 1.35. The monoisotopic (exact) mass is 642 g/mol. The van der Waals surface area contributed by atoms with Crippen LogP contribution in [0, 0.1) is 0 Å². The third-order valence-corrected chi connectivity index (χ3v) is 8.59. The van der Waals surface area contributed by atoms with Crippen LogP contribution in [0.3, 0.4) is 0 Å². The molecular weight excluding hydrogens is 615 g/mol. The molecule has 0 spiro atoms. The number of nitrogens with one attached hydrogen (secondary N) is 4. The van der Waals surface area contributed by atoms with Crippen LogP contribution < -0.4 is 16.0 Å². The van der Waals surface area contributed by atoms with Gasteiger partial charge >= 0.3 is 0 Å². The van der Waals surface area contributed by atoms with Gasteiger partial charge in [0.2, 0.25) is 5.91 Å². The van der Waals surface area contributed by atoms with Crippen LogP contribution in [0.5, 0.6) is 0 Å². The van der Waals surface area contributed by atoms with Crippen molar-refractivity contribution in [3.63, 3.8) is 0 Å². The van der Waals surface area contributed by atoms with Gasteiger partial charge in [0.1, 0.15) is 5.70 Å². The van der Waals surface area contributed by atoms with Crippen LogP contribution >= 0.6 is 35.0 Å². The van der Waals surface area contributed by atoms with E-state index < -0.39 is 17.1 Å². The molecule has 0 saturated heterocycles. The van der Waals surface area contributed by atoms with Crippen molar-refractivity contribution in [2.24, 2.45) is 0 Å². The first-order chi connectivity index (χ1) is 21.3. The predicted molar refractivity (Wildman–Crippen MR) is 180 cm³/mol. The third-order valence-electron chi connectivity index (χ3n) is 6.67. The van der Waals surface area contributed by atoms with Gasteiger partial charge in [-0.05, 0) is 67.1 Å². The first kappa shape index (κ1) is 30.9. The van der Waals surface area contributed by atoms with Gasteiger partial charge in [-0.2, -0.15) is 0 Å². The van der Waals surface area contributed by atoms with Crippen LogP contribution in [0.15, 0.2) is 114 Å². The van der Waals surface area contributed by atoms with Crippen LogP contribution in [-0.2, 0) is 9.59 Å². The van der Waals surface area contributed by atoms with Gasteiger partial charge in [-0.3, -0.25) is 14.4 Å². The van der Waals surface area contributed by atoms with E-state index in [1.165, 1.54) is 11.8 Å². The molecule has 0 aliphatic carbocycles. The highest BCUT2D eigenvalue weighted by Crippen LogP contribution is 2.31. The lowest BCUT2D eigenvalue weighted by atomic mass is 10.1. The number of fused-ring (bicyclic) bond motifs is 1. The largest absolute Gasteiger partial charge is 0.361 e. The lowest BCUT2D eigenvalue weighted by Gasteiger charge is -2.16. The molecule has 0 saturated carbocycles. The zero-order chi connectivity index (χ0) is 31.1. The Labute approximate surface area is 269 Å². The molecule has 222 valence electrons. The van der Waals surface area contributed by atoms with E-state index in [-0.39, 0.29) is 11.6 Å². The Morgan fingerprint density at radius 3 is 2.45 bits per heavy atom. The highest BCUT2D eigenvalue weighted by Gasteiger charge is 2.20. The number of amides is 3. The summed E-state index contributed by atoms with van der Waals surface area (Å²) in [6.07, 6.45) is 3.98. The average Bonchev–Trinajstić information content (AvgIpc) is 3.44. The third kappa shape index (κ3) is 7.71. The first-order valence-electron chi connectivity index (χ1n) is 13.8. The molecule has 5 aromatic rings. The number of rotatable bonds is 10. The van der Waals surface area contributed by atoms with E-state index in [2.05, 4.69) is 20.9 Å². The van der Waals surface area contributed by atoms with Gasteiger partial charge < -0.3 is 20.9 Å². The van der Waals surface area contributed by atoms with Crippen LogP contribution in [0.25, 0.3) is 17.0 Å². The zero-order valence-corrected chi connectivity index (χ0v) is 25.9. The molecule has 44 heavy (non-hydrogen) atoms. The van der Waals surface area contributed by atoms with Crippen molar-refractivity contribution in [2.75, 3.05) is 10.6 Å². The van der Waals surface area contributed by atoms with Crippen LogP contribution in [0.4, 0.5) is 11.4 Å². The molecule has 0 fully saturated rings. The van der Waals surface area contributed by atoms with E-state index in [1.807, 2.05) is 43.3 Å². The summed E-state index contributed by atoms with van der Waals surface area (Å²) in [5.41, 5.74) is 3.10. The molecule has 1 heterocycles. The molecule has 4 N–H and O–H groups in total. The maximum atomic E-state index is 13.6. The smallest absolute Gasteiger partial charge is 0.272 e. The SMILES string of the molecule is CCC(Sc1cccc(NC(=O)/C(=C/c2c[nH]c3ccccc23)NC(=O)c2ccccc2)c1)C(=O)Nc1cc(Cl)ccc1Cl. The summed E-state index contributed by atoms with van der Waals surface area (Å²) in [7, 11) is 0. The maximum Gasteiger partial charge on any atom is 0.272 e. The highest BCUT2D eigenvalue weighted by atomic mass is 35.5. The zero-order valence-electron chi connectivity index (χ0n) is 23.6. The lowest BCUT2D eigenvalue weighted by molar-refractivity contribution is -0.116. The van der Waals surface area contributed by atoms with Crippen LogP contribution in [0.2, 0.25) is 10.0 Å². The van der Waals surface area contributed by atoms with Gasteiger partial charge in [0.25, 0.3) is 11.8 Å². The number of anilines is 2. The lowest BCUT2D eigenvalue weighted by Crippen LogP contribution is -2.30. The minimum absolute atomic E-state index is 0.0749. The molecule has 4 aromatic carbocycles. The van der Waals surface area contributed by atoms with E-state index in [4.69, 9.17) is 23.2 Å². The number of carbonyl (C=O) groups is 3. The van der Waals surface area contributed by atoms with Crippen molar-refractivity contribution in [2.45, 2.75) is 23.5 Å². The van der Waals surface area contributed by atoms with Gasteiger partial charge in [-0.15, -0.1) is 11.8 Å². The van der Waals surface area contributed by atoms with Gasteiger partial charge in [0.15, 0.2) is 0 Å². The van der Waals surface area contributed by atoms with E-state index >= 15 is 0 Å². The normalized spacial score (nSPS) is 12.0. The first-order valence-corrected chi connectivity index (χ1v) is 15.4. The number of aromatic nitrogens is 1. The molecule has 1 aromatic heterocycles. The molecule has 0 bridgehead atoms. The van der Waals surface area contributed by atoms with Crippen molar-refractivity contribution in [3.8, 4) is 0 Å². The summed E-state index contributed by atoms with van der Waals surface area (Å²) < 4.78 is 0. The summed E-state index contributed by atoms with van der Waals surface area (Å²) >= 11 is 13.7. The second-order valence-electron chi connectivity index (χ2n) is 9.78. The minimum Gasteiger partial charge on any atom is -0.361 e. The number of halogens is 2. The summed E-state index contributed by atoms with van der Waals surface area (Å²) in [6, 6.07) is 28.5. The molecule has 10 heteroatoms. The quantitative estimate of drug-likeness (QED) is 0.0907. The molecule has 7 nitrogen and oxygen atoms in total. The summed E-state index contributed by atoms with van der Waals surface area (Å²) in [5.74, 6) is -1.13. The Morgan fingerprint density at radius 1 is 0.886 bits per heavy atom. The second kappa shape index (κ2) is 14.3. The van der Waals surface area contributed by atoms with Crippen molar-refractivity contribution in [1.29, 1.82) is 0 Å². The van der Waals surface area contributed by atoms with E-state index in [0.29, 0.717) is 33.4 Å². The summed E-state index contributed by atoms with van der Waals surface area (Å²) in [4.78, 5) is 43.7. The van der Waals surface area contributed by atoms with Gasteiger partial charge in [-0.25, -0.2) is 0 Å². The molecule has 1 atom stereocenters. The number of hydrogen-bond acceptors (Lipinski definition) is 4.